The molecule has 1 atom stereocenters. The fourth-order valence-corrected chi connectivity index (χ4v) is 3.33. The van der Waals surface area contributed by atoms with E-state index in [1.807, 2.05) is 0 Å². The molecule has 0 aromatic carbocycles. The highest BCUT2D eigenvalue weighted by molar-refractivity contribution is 6.34. The van der Waals surface area contributed by atoms with Crippen molar-refractivity contribution in [2.75, 3.05) is 13.1 Å². The zero-order valence-electron chi connectivity index (χ0n) is 13.2. The number of piperidine rings is 1. The topological polar surface area (TPSA) is 75.4 Å². The summed E-state index contributed by atoms with van der Waals surface area (Å²) in [5.41, 5.74) is -2.81. The second kappa shape index (κ2) is 6.27. The normalized spacial score (nSPS) is 21.8. The maximum absolute atomic E-state index is 12.9. The van der Waals surface area contributed by atoms with Gasteiger partial charge < -0.3 is 10.0 Å². The van der Waals surface area contributed by atoms with Gasteiger partial charge in [0.25, 0.3) is 5.91 Å². The van der Waals surface area contributed by atoms with Gasteiger partial charge in [-0.1, -0.05) is 18.5 Å². The zero-order valence-corrected chi connectivity index (χ0v) is 13.9. The Kier molecular flexibility index (Phi) is 4.85. The number of rotatable bonds is 3. The van der Waals surface area contributed by atoms with Gasteiger partial charge in [-0.05, 0) is 19.3 Å². The highest BCUT2D eigenvalue weighted by Crippen LogP contribution is 2.38. The quantitative estimate of drug-likeness (QED) is 0.891. The van der Waals surface area contributed by atoms with Gasteiger partial charge in [-0.25, -0.2) is 0 Å². The number of carboxylic acid groups (broad SMARTS) is 1. The summed E-state index contributed by atoms with van der Waals surface area (Å²) in [6, 6.07) is 0. The molecule has 1 aromatic rings. The number of halogens is 4. The highest BCUT2D eigenvalue weighted by atomic mass is 35.5. The van der Waals surface area contributed by atoms with E-state index in [1.165, 1.54) is 11.9 Å². The number of aliphatic carboxylic acids is 1. The molecule has 10 heteroatoms. The Morgan fingerprint density at radius 2 is 2.04 bits per heavy atom. The summed E-state index contributed by atoms with van der Waals surface area (Å²) in [6.07, 6.45) is -3.59. The van der Waals surface area contributed by atoms with Crippen molar-refractivity contribution in [1.29, 1.82) is 0 Å². The van der Waals surface area contributed by atoms with Crippen molar-refractivity contribution in [1.82, 2.24) is 14.7 Å². The summed E-state index contributed by atoms with van der Waals surface area (Å²) in [6.45, 7) is 1.90. The van der Waals surface area contributed by atoms with Crippen LogP contribution in [0.5, 0.6) is 0 Å². The maximum atomic E-state index is 12.9. The molecule has 1 amide bonds. The number of alkyl halides is 3. The van der Waals surface area contributed by atoms with Crippen molar-refractivity contribution in [3.8, 4) is 0 Å². The smallest absolute Gasteiger partial charge is 0.436 e. The van der Waals surface area contributed by atoms with Crippen LogP contribution in [-0.2, 0) is 18.0 Å². The van der Waals surface area contributed by atoms with E-state index in [2.05, 4.69) is 5.10 Å². The predicted octanol–water partition coefficient (Wildman–Crippen LogP) is 2.81. The van der Waals surface area contributed by atoms with E-state index in [1.54, 1.807) is 6.92 Å². The summed E-state index contributed by atoms with van der Waals surface area (Å²) in [4.78, 5) is 25.4. The molecule has 0 saturated carbocycles. The van der Waals surface area contributed by atoms with Gasteiger partial charge >= 0.3 is 12.1 Å². The van der Waals surface area contributed by atoms with Crippen molar-refractivity contribution in [2.24, 2.45) is 12.5 Å². The highest BCUT2D eigenvalue weighted by Gasteiger charge is 2.44. The molecule has 24 heavy (non-hydrogen) atoms. The van der Waals surface area contributed by atoms with E-state index in [-0.39, 0.29) is 18.8 Å². The first kappa shape index (κ1) is 18.6. The molecule has 2 heterocycles. The number of amides is 1. The SMILES string of the molecule is CCC1(C(=O)O)CCCN(C(=O)c2c(Cl)c(C(F)(F)F)nn2C)C1. The second-order valence-corrected chi connectivity index (χ2v) is 6.28. The molecule has 6 nitrogen and oxygen atoms in total. The van der Waals surface area contributed by atoms with Crippen molar-refractivity contribution in [3.05, 3.63) is 16.4 Å². The van der Waals surface area contributed by atoms with Gasteiger partial charge in [-0.3, -0.25) is 14.3 Å². The molecule has 1 aliphatic rings. The van der Waals surface area contributed by atoms with Crippen LogP contribution in [0.1, 0.15) is 42.4 Å². The number of carbonyl (C=O) groups is 2. The van der Waals surface area contributed by atoms with E-state index in [0.29, 0.717) is 19.3 Å². The van der Waals surface area contributed by atoms with E-state index in [0.717, 1.165) is 4.68 Å². The third-order valence-corrected chi connectivity index (χ3v) is 4.81. The molecule has 0 spiro atoms. The average molecular weight is 368 g/mol. The van der Waals surface area contributed by atoms with E-state index in [9.17, 15) is 27.9 Å². The minimum absolute atomic E-state index is 0.0689. The Balaban J connectivity index is 2.36. The number of nitrogens with zero attached hydrogens (tertiary/aromatic N) is 3. The Bertz CT molecular complexity index is 674. The molecule has 1 aromatic heterocycles. The fraction of sp³-hybridized carbons (Fsp3) is 0.643. The number of carboxylic acids is 1. The molecule has 0 radical (unpaired) electrons. The number of carbonyl (C=O) groups excluding carboxylic acids is 1. The van der Waals surface area contributed by atoms with Crippen LogP contribution in [0.25, 0.3) is 0 Å². The van der Waals surface area contributed by atoms with Crippen molar-refractivity contribution in [2.45, 2.75) is 32.4 Å². The largest absolute Gasteiger partial charge is 0.481 e. The molecular weight excluding hydrogens is 351 g/mol. The number of hydrogen-bond donors (Lipinski definition) is 1. The van der Waals surface area contributed by atoms with Crippen LogP contribution in [0.15, 0.2) is 0 Å². The lowest BCUT2D eigenvalue weighted by atomic mass is 9.77. The van der Waals surface area contributed by atoms with Gasteiger partial charge in [-0.15, -0.1) is 0 Å². The zero-order chi connectivity index (χ0) is 18.3. The monoisotopic (exact) mass is 367 g/mol. The lowest BCUT2D eigenvalue weighted by molar-refractivity contribution is -0.152. The van der Waals surface area contributed by atoms with Gasteiger partial charge in [0.2, 0.25) is 0 Å². The number of hydrogen-bond acceptors (Lipinski definition) is 3. The van der Waals surface area contributed by atoms with E-state index in [4.69, 9.17) is 11.6 Å². The van der Waals surface area contributed by atoms with Crippen LogP contribution < -0.4 is 0 Å². The van der Waals surface area contributed by atoms with Crippen LogP contribution in [0.4, 0.5) is 13.2 Å². The summed E-state index contributed by atoms with van der Waals surface area (Å²) < 4.78 is 39.4. The molecule has 2 rings (SSSR count). The standard InChI is InChI=1S/C14H17ClF3N3O3/c1-3-13(12(23)24)5-4-6-21(7-13)11(22)9-8(15)10(14(16,17)18)19-20(9)2/h3-7H2,1-2H3,(H,23,24). The third-order valence-electron chi connectivity index (χ3n) is 4.46. The third kappa shape index (κ3) is 3.09. The van der Waals surface area contributed by atoms with Gasteiger partial charge in [-0.2, -0.15) is 18.3 Å². The van der Waals surface area contributed by atoms with Crippen LogP contribution in [0, 0.1) is 5.41 Å². The van der Waals surface area contributed by atoms with Crippen molar-refractivity contribution >= 4 is 23.5 Å². The Morgan fingerprint density at radius 3 is 2.50 bits per heavy atom. The first-order chi connectivity index (χ1) is 11.0. The van der Waals surface area contributed by atoms with E-state index < -0.39 is 34.2 Å². The molecule has 1 N–H and O–H groups in total. The lowest BCUT2D eigenvalue weighted by Gasteiger charge is -2.39. The molecule has 1 aliphatic heterocycles. The first-order valence-electron chi connectivity index (χ1n) is 7.36. The number of aromatic nitrogens is 2. The van der Waals surface area contributed by atoms with E-state index >= 15 is 0 Å². The lowest BCUT2D eigenvalue weighted by Crippen LogP contribution is -2.50. The molecule has 1 fully saturated rings. The maximum Gasteiger partial charge on any atom is 0.436 e. The second-order valence-electron chi connectivity index (χ2n) is 5.90. The van der Waals surface area contributed by atoms with Gasteiger partial charge in [0.05, 0.1) is 5.41 Å². The Morgan fingerprint density at radius 1 is 1.42 bits per heavy atom. The summed E-state index contributed by atoms with van der Waals surface area (Å²) in [5, 5.41) is 12.0. The molecular formula is C14H17ClF3N3O3. The summed E-state index contributed by atoms with van der Waals surface area (Å²) in [5.74, 6) is -1.76. The Hall–Kier alpha value is -1.77. The number of likely N-dealkylation sites (tertiary alicyclic amines) is 1. The minimum Gasteiger partial charge on any atom is -0.481 e. The average Bonchev–Trinajstić information content (AvgIpc) is 2.81. The van der Waals surface area contributed by atoms with Crippen LogP contribution in [0.2, 0.25) is 5.02 Å². The minimum atomic E-state index is -4.77. The molecule has 0 bridgehead atoms. The number of aryl methyl sites for hydroxylation is 1. The molecule has 134 valence electrons. The molecule has 1 saturated heterocycles. The van der Waals surface area contributed by atoms with Crippen molar-refractivity contribution < 1.29 is 27.9 Å². The van der Waals surface area contributed by atoms with Crippen LogP contribution in [-0.4, -0.2) is 44.8 Å². The fourth-order valence-electron chi connectivity index (χ4n) is 2.98. The van der Waals surface area contributed by atoms with Crippen LogP contribution >= 0.6 is 11.6 Å². The molecule has 1 unspecified atom stereocenters. The van der Waals surface area contributed by atoms with Crippen LogP contribution in [0.3, 0.4) is 0 Å². The first-order valence-corrected chi connectivity index (χ1v) is 7.73. The van der Waals surface area contributed by atoms with Gasteiger partial charge in [0.15, 0.2) is 5.69 Å². The molecule has 0 aliphatic carbocycles. The summed E-state index contributed by atoms with van der Waals surface area (Å²) in [7, 11) is 1.20. The van der Waals surface area contributed by atoms with Gasteiger partial charge in [0.1, 0.15) is 10.7 Å². The van der Waals surface area contributed by atoms with Crippen molar-refractivity contribution in [3.63, 3.8) is 0 Å². The Labute approximate surface area is 141 Å². The van der Waals surface area contributed by atoms with Gasteiger partial charge in [0, 0.05) is 20.1 Å². The summed E-state index contributed by atoms with van der Waals surface area (Å²) >= 11 is 5.73. The predicted molar refractivity (Wildman–Crippen MR) is 78.7 cm³/mol.